The van der Waals surface area contributed by atoms with Gasteiger partial charge in [-0.1, -0.05) is 12.1 Å². The third kappa shape index (κ3) is 2.36. The van der Waals surface area contributed by atoms with E-state index < -0.39 is 0 Å². The maximum absolute atomic E-state index is 13.1. The van der Waals surface area contributed by atoms with Gasteiger partial charge in [0, 0.05) is 6.54 Å². The van der Waals surface area contributed by atoms with E-state index in [4.69, 9.17) is 4.74 Å². The van der Waals surface area contributed by atoms with Gasteiger partial charge in [-0.05, 0) is 31.0 Å². The van der Waals surface area contributed by atoms with Crippen molar-refractivity contribution in [3.63, 3.8) is 0 Å². The Morgan fingerprint density at radius 2 is 2.27 bits per heavy atom. The molecule has 3 heteroatoms. The van der Waals surface area contributed by atoms with E-state index in [9.17, 15) is 4.39 Å². The monoisotopic (exact) mass is 209 g/mol. The first-order valence-electron chi connectivity index (χ1n) is 5.28. The Bertz CT molecular complexity index is 345. The number of ether oxygens (including phenoxy) is 1. The standard InChI is InChI=1S/C12H16FNO/c1-8-5-10(3-4-11(8)13)12-7-15-9(2)6-14-12/h3-5,9,12,14H,6-7H2,1-2H3. The van der Waals surface area contributed by atoms with Crippen molar-refractivity contribution in [1.82, 2.24) is 5.32 Å². The highest BCUT2D eigenvalue weighted by molar-refractivity contribution is 5.26. The first kappa shape index (κ1) is 10.6. The molecule has 1 fully saturated rings. The molecule has 2 nitrogen and oxygen atoms in total. The van der Waals surface area contributed by atoms with Gasteiger partial charge in [0.25, 0.3) is 0 Å². The SMILES string of the molecule is Cc1cc(C2COC(C)CN2)ccc1F. The summed E-state index contributed by atoms with van der Waals surface area (Å²) in [5, 5.41) is 3.38. The van der Waals surface area contributed by atoms with E-state index in [1.807, 2.05) is 19.1 Å². The molecule has 82 valence electrons. The van der Waals surface area contributed by atoms with Crippen LogP contribution >= 0.6 is 0 Å². The van der Waals surface area contributed by atoms with Crippen LogP contribution in [0.2, 0.25) is 0 Å². The van der Waals surface area contributed by atoms with Crippen molar-refractivity contribution in [3.05, 3.63) is 35.1 Å². The van der Waals surface area contributed by atoms with Gasteiger partial charge in [-0.2, -0.15) is 0 Å². The molecule has 0 bridgehead atoms. The molecule has 0 aromatic heterocycles. The second-order valence-corrected chi connectivity index (χ2v) is 4.11. The Labute approximate surface area is 89.4 Å². The van der Waals surface area contributed by atoms with Gasteiger partial charge in [-0.3, -0.25) is 0 Å². The van der Waals surface area contributed by atoms with Crippen LogP contribution in [0.5, 0.6) is 0 Å². The number of hydrogen-bond acceptors (Lipinski definition) is 2. The number of benzene rings is 1. The largest absolute Gasteiger partial charge is 0.375 e. The Balaban J connectivity index is 2.12. The minimum atomic E-state index is -0.149. The Morgan fingerprint density at radius 3 is 2.87 bits per heavy atom. The minimum Gasteiger partial charge on any atom is -0.375 e. The maximum Gasteiger partial charge on any atom is 0.126 e. The normalized spacial score (nSPS) is 26.6. The van der Waals surface area contributed by atoms with Gasteiger partial charge < -0.3 is 10.1 Å². The predicted molar refractivity (Wildman–Crippen MR) is 57.3 cm³/mol. The van der Waals surface area contributed by atoms with Crippen LogP contribution in [0, 0.1) is 12.7 Å². The highest BCUT2D eigenvalue weighted by Crippen LogP contribution is 2.19. The predicted octanol–water partition coefficient (Wildman–Crippen LogP) is 2.18. The van der Waals surface area contributed by atoms with Crippen molar-refractivity contribution >= 4 is 0 Å². The molecule has 0 spiro atoms. The van der Waals surface area contributed by atoms with Crippen molar-refractivity contribution in [3.8, 4) is 0 Å². The molecule has 2 unspecified atom stereocenters. The van der Waals surface area contributed by atoms with E-state index in [0.29, 0.717) is 12.2 Å². The zero-order chi connectivity index (χ0) is 10.8. The molecule has 1 aromatic carbocycles. The average molecular weight is 209 g/mol. The van der Waals surface area contributed by atoms with Crippen LogP contribution in [0.3, 0.4) is 0 Å². The zero-order valence-corrected chi connectivity index (χ0v) is 9.09. The molecule has 1 aromatic rings. The molecule has 1 N–H and O–H groups in total. The summed E-state index contributed by atoms with van der Waals surface area (Å²) in [7, 11) is 0. The molecule has 0 saturated carbocycles. The van der Waals surface area contributed by atoms with Crippen molar-refractivity contribution in [2.45, 2.75) is 26.0 Å². The summed E-state index contributed by atoms with van der Waals surface area (Å²) in [6.45, 7) is 5.33. The van der Waals surface area contributed by atoms with E-state index in [0.717, 1.165) is 12.1 Å². The summed E-state index contributed by atoms with van der Waals surface area (Å²) in [6, 6.07) is 5.41. The number of hydrogen-bond donors (Lipinski definition) is 1. The molecule has 0 amide bonds. The third-order valence-corrected chi connectivity index (χ3v) is 2.78. The van der Waals surface area contributed by atoms with Gasteiger partial charge in [0.2, 0.25) is 0 Å². The first-order chi connectivity index (χ1) is 7.16. The fourth-order valence-electron chi connectivity index (χ4n) is 1.79. The van der Waals surface area contributed by atoms with Crippen molar-refractivity contribution < 1.29 is 9.13 Å². The second kappa shape index (κ2) is 4.29. The lowest BCUT2D eigenvalue weighted by atomic mass is 10.0. The highest BCUT2D eigenvalue weighted by atomic mass is 19.1. The van der Waals surface area contributed by atoms with Gasteiger partial charge in [0.1, 0.15) is 5.82 Å². The third-order valence-electron chi connectivity index (χ3n) is 2.78. The summed E-state index contributed by atoms with van der Waals surface area (Å²) in [5.41, 5.74) is 1.79. The Morgan fingerprint density at radius 1 is 1.47 bits per heavy atom. The molecule has 1 aliphatic heterocycles. The molecule has 0 aliphatic carbocycles. The molecule has 1 saturated heterocycles. The van der Waals surface area contributed by atoms with Crippen LogP contribution in [-0.4, -0.2) is 19.3 Å². The number of aryl methyl sites for hydroxylation is 1. The lowest BCUT2D eigenvalue weighted by molar-refractivity contribution is 0.0149. The fourth-order valence-corrected chi connectivity index (χ4v) is 1.79. The lowest BCUT2D eigenvalue weighted by Gasteiger charge is -2.28. The van der Waals surface area contributed by atoms with E-state index in [1.165, 1.54) is 6.07 Å². The quantitative estimate of drug-likeness (QED) is 0.765. The Hall–Kier alpha value is -0.930. The van der Waals surface area contributed by atoms with Gasteiger partial charge in [0.15, 0.2) is 0 Å². The van der Waals surface area contributed by atoms with Crippen LogP contribution in [0.25, 0.3) is 0 Å². The molecule has 2 rings (SSSR count). The average Bonchev–Trinajstić information content (AvgIpc) is 2.23. The summed E-state index contributed by atoms with van der Waals surface area (Å²) in [5.74, 6) is -0.149. The minimum absolute atomic E-state index is 0.149. The molecular weight excluding hydrogens is 193 g/mol. The smallest absolute Gasteiger partial charge is 0.126 e. The van der Waals surface area contributed by atoms with E-state index in [-0.39, 0.29) is 18.0 Å². The van der Waals surface area contributed by atoms with Crippen molar-refractivity contribution in [2.24, 2.45) is 0 Å². The van der Waals surface area contributed by atoms with E-state index in [1.54, 1.807) is 6.92 Å². The highest BCUT2D eigenvalue weighted by Gasteiger charge is 2.19. The molecule has 1 aliphatic rings. The lowest BCUT2D eigenvalue weighted by Crippen LogP contribution is -2.39. The van der Waals surface area contributed by atoms with Crippen LogP contribution in [0.4, 0.5) is 4.39 Å². The summed E-state index contributed by atoms with van der Waals surface area (Å²) >= 11 is 0. The van der Waals surface area contributed by atoms with Crippen molar-refractivity contribution in [2.75, 3.05) is 13.2 Å². The summed E-state index contributed by atoms with van der Waals surface area (Å²) < 4.78 is 18.6. The van der Waals surface area contributed by atoms with Gasteiger partial charge in [0.05, 0.1) is 18.8 Å². The Kier molecular flexibility index (Phi) is 3.03. The number of rotatable bonds is 1. The number of halogens is 1. The molecule has 15 heavy (non-hydrogen) atoms. The fraction of sp³-hybridized carbons (Fsp3) is 0.500. The number of nitrogens with one attached hydrogen (secondary N) is 1. The van der Waals surface area contributed by atoms with Crippen LogP contribution in [-0.2, 0) is 4.74 Å². The number of morpholine rings is 1. The molecular formula is C12H16FNO. The topological polar surface area (TPSA) is 21.3 Å². The maximum atomic E-state index is 13.1. The molecule has 1 heterocycles. The van der Waals surface area contributed by atoms with Crippen molar-refractivity contribution in [1.29, 1.82) is 0 Å². The van der Waals surface area contributed by atoms with Gasteiger partial charge in [-0.15, -0.1) is 0 Å². The van der Waals surface area contributed by atoms with Crippen LogP contribution in [0.15, 0.2) is 18.2 Å². The van der Waals surface area contributed by atoms with E-state index in [2.05, 4.69) is 5.32 Å². The van der Waals surface area contributed by atoms with Gasteiger partial charge in [-0.25, -0.2) is 4.39 Å². The second-order valence-electron chi connectivity index (χ2n) is 4.11. The van der Waals surface area contributed by atoms with Crippen LogP contribution in [0.1, 0.15) is 24.1 Å². The molecule has 2 atom stereocenters. The molecule has 0 radical (unpaired) electrons. The zero-order valence-electron chi connectivity index (χ0n) is 9.09. The first-order valence-corrected chi connectivity index (χ1v) is 5.28. The van der Waals surface area contributed by atoms with Crippen LogP contribution < -0.4 is 5.32 Å². The summed E-state index contributed by atoms with van der Waals surface area (Å²) in [4.78, 5) is 0. The van der Waals surface area contributed by atoms with Gasteiger partial charge >= 0.3 is 0 Å². The summed E-state index contributed by atoms with van der Waals surface area (Å²) in [6.07, 6.45) is 0.266. The van der Waals surface area contributed by atoms with E-state index >= 15 is 0 Å².